The molecular formula is C33H26BBr7N4O5. The summed E-state index contributed by atoms with van der Waals surface area (Å²) < 4.78 is 5.48. The van der Waals surface area contributed by atoms with Crippen molar-refractivity contribution < 1.29 is 24.9 Å². The summed E-state index contributed by atoms with van der Waals surface area (Å²) in [7, 11) is 0. The van der Waals surface area contributed by atoms with Crippen LogP contribution < -0.4 is 0 Å². The lowest BCUT2D eigenvalue weighted by molar-refractivity contribution is 0.102. The van der Waals surface area contributed by atoms with Crippen LogP contribution in [0.2, 0.25) is 0 Å². The third-order valence-corrected chi connectivity index (χ3v) is 9.59. The van der Waals surface area contributed by atoms with Gasteiger partial charge in [0, 0.05) is 17.3 Å². The van der Waals surface area contributed by atoms with Gasteiger partial charge in [-0.1, -0.05) is 19.9 Å². The van der Waals surface area contributed by atoms with Gasteiger partial charge in [0.05, 0.1) is 35.5 Å². The van der Waals surface area contributed by atoms with Crippen LogP contribution in [0.5, 0.6) is 17.2 Å². The van der Waals surface area contributed by atoms with Crippen LogP contribution in [0, 0.1) is 6.92 Å². The number of rotatable bonds is 6. The summed E-state index contributed by atoms with van der Waals surface area (Å²) in [6, 6.07) is 13.4. The maximum absolute atomic E-state index is 13.0. The molecule has 6 rings (SSSR count). The van der Waals surface area contributed by atoms with Crippen molar-refractivity contribution in [2.45, 2.75) is 33.6 Å². The van der Waals surface area contributed by atoms with Crippen molar-refractivity contribution in [3.8, 4) is 17.2 Å². The number of halogens is 7. The molecule has 260 valence electrons. The second kappa shape index (κ2) is 17.7. The molecule has 9 nitrogen and oxygen atoms in total. The molecule has 0 saturated carbocycles. The van der Waals surface area contributed by atoms with Gasteiger partial charge in [-0.3, -0.25) is 18.4 Å². The van der Waals surface area contributed by atoms with Crippen molar-refractivity contribution in [2.75, 3.05) is 0 Å². The molecule has 0 amide bonds. The summed E-state index contributed by atoms with van der Waals surface area (Å²) in [6.45, 7) is 5.88. The average Bonchev–Trinajstić information content (AvgIpc) is 3.62. The second-order valence-corrected chi connectivity index (χ2v) is 20.4. The third kappa shape index (κ3) is 9.31. The highest BCUT2D eigenvalue weighted by Crippen LogP contribution is 2.35. The number of pyridine rings is 2. The fourth-order valence-electron chi connectivity index (χ4n) is 4.92. The van der Waals surface area contributed by atoms with Gasteiger partial charge < -0.3 is 15.3 Å². The van der Waals surface area contributed by atoms with Crippen LogP contribution in [0.15, 0.2) is 78.8 Å². The van der Waals surface area contributed by atoms with E-state index < -0.39 is 0 Å². The maximum Gasteiger partial charge on any atom is 0.369 e. The van der Waals surface area contributed by atoms with Crippen LogP contribution in [0.1, 0.15) is 62.9 Å². The van der Waals surface area contributed by atoms with Gasteiger partial charge in [-0.25, -0.2) is 9.97 Å². The Morgan fingerprint density at radius 2 is 1.02 bits per heavy atom. The normalized spacial score (nSPS) is 10.8. The third-order valence-electron chi connectivity index (χ3n) is 7.17. The molecule has 4 aromatic heterocycles. The van der Waals surface area contributed by atoms with E-state index in [0.29, 0.717) is 64.6 Å². The molecule has 50 heavy (non-hydrogen) atoms. The van der Waals surface area contributed by atoms with E-state index in [0.717, 1.165) is 16.9 Å². The summed E-state index contributed by atoms with van der Waals surface area (Å²) in [6.07, 6.45) is 4.64. The van der Waals surface area contributed by atoms with E-state index in [-0.39, 0.29) is 32.0 Å². The minimum atomic E-state index is -0.235. The molecule has 0 radical (unpaired) electrons. The van der Waals surface area contributed by atoms with E-state index in [1.807, 2.05) is 43.5 Å². The molecule has 0 unspecified atom stereocenters. The molecule has 0 aliphatic carbocycles. The summed E-state index contributed by atoms with van der Waals surface area (Å²) in [4.78, 5) is 35.0. The Bertz CT molecular complexity index is 2040. The molecule has 0 atom stereocenters. The number of aromatic nitrogens is 4. The zero-order chi connectivity index (χ0) is 37.0. The minimum Gasteiger partial charge on any atom is -0.506 e. The van der Waals surface area contributed by atoms with E-state index in [1.165, 1.54) is 12.3 Å². The van der Waals surface area contributed by atoms with Crippen molar-refractivity contribution >= 4 is 137 Å². The van der Waals surface area contributed by atoms with Gasteiger partial charge in [0.25, 0.3) is 0 Å². The molecule has 6 aromatic rings. The highest BCUT2D eigenvalue weighted by atomic mass is 79.9. The first-order valence-electron chi connectivity index (χ1n) is 14.6. The van der Waals surface area contributed by atoms with Crippen molar-refractivity contribution in [3.63, 3.8) is 0 Å². The average molecular weight is 1130 g/mol. The number of carbonyl (C=O) groups is 2. The lowest BCUT2D eigenvalue weighted by Crippen LogP contribution is -2.08. The molecule has 17 heteroatoms. The number of ketones is 2. The number of aromatic hydroxyl groups is 3. The summed E-state index contributed by atoms with van der Waals surface area (Å²) in [5.41, 5.74) is 5.69. The number of nitrogens with zero attached hydrogens (tertiary/aromatic N) is 4. The van der Waals surface area contributed by atoms with Gasteiger partial charge in [0.1, 0.15) is 39.9 Å². The van der Waals surface area contributed by atoms with Crippen molar-refractivity contribution in [1.82, 2.24) is 18.8 Å². The second-order valence-electron chi connectivity index (χ2n) is 10.6. The maximum atomic E-state index is 13.0. The van der Waals surface area contributed by atoms with Crippen LogP contribution in [-0.4, -0.2) is 48.8 Å². The lowest BCUT2D eigenvalue weighted by atomic mass is 10.1. The van der Waals surface area contributed by atoms with E-state index in [4.69, 9.17) is 0 Å². The summed E-state index contributed by atoms with van der Waals surface area (Å²) in [5.74, 6) is -0.193. The predicted molar refractivity (Wildman–Crippen MR) is 222 cm³/mol. The van der Waals surface area contributed by atoms with Gasteiger partial charge in [0.2, 0.25) is 11.6 Å². The Balaban J connectivity index is 0.000000203. The minimum absolute atomic E-state index is 0.0352. The first kappa shape index (κ1) is 40.8. The van der Waals surface area contributed by atoms with Crippen LogP contribution in [0.25, 0.3) is 11.3 Å². The Hall–Kier alpha value is -2.02. The number of benzene rings is 2. The molecule has 0 spiro atoms. The van der Waals surface area contributed by atoms with Crippen LogP contribution in [0.3, 0.4) is 0 Å². The molecule has 0 aliphatic heterocycles. The van der Waals surface area contributed by atoms with Gasteiger partial charge in [0.15, 0.2) is 0 Å². The standard InChI is InChI=1S/C17H14Br2N2O2.C16H12Br2N2O3.BBr3/c1-3-13-15(21-8-9(2)4-5-14(21)20-13)16(22)10-6-11(18)17(23)12(19)7-10;1-2-12-14(20-7-9(21)3-4-13(20)19-12)15(22)8-5-10(17)16(23)11(18)6-8;2-1(3)4/h4-8,23H,3H2,1-2H3;3-7,21,23H,2H2,1H3;. The number of phenolic OH excluding ortho intramolecular Hbond substituents is 2. The molecule has 4 heterocycles. The number of hydrogen-bond donors (Lipinski definition) is 3. The summed E-state index contributed by atoms with van der Waals surface area (Å²) in [5, 5.41) is 29.3. The zero-order valence-electron chi connectivity index (χ0n) is 26.4. The van der Waals surface area contributed by atoms with E-state index in [9.17, 15) is 24.9 Å². The molecule has 0 bridgehead atoms. The fraction of sp³-hybridized carbons (Fsp3) is 0.152. The van der Waals surface area contributed by atoms with Gasteiger partial charge in [-0.2, -0.15) is 0 Å². The number of phenols is 2. The topological polar surface area (TPSA) is 129 Å². The molecular weight excluding hydrogens is 1100 g/mol. The monoisotopic (exact) mass is 1120 g/mol. The predicted octanol–water partition coefficient (Wildman–Crippen LogP) is 10.9. The largest absolute Gasteiger partial charge is 0.506 e. The highest BCUT2D eigenvalue weighted by molar-refractivity contribution is 9.69. The number of aryl methyl sites for hydroxylation is 3. The van der Waals surface area contributed by atoms with Gasteiger partial charge in [-0.05, 0) is 132 Å². The number of hydrogen-bond acceptors (Lipinski definition) is 7. The van der Waals surface area contributed by atoms with E-state index in [2.05, 4.69) is 121 Å². The molecule has 2 aromatic carbocycles. The van der Waals surface area contributed by atoms with Gasteiger partial charge in [-0.15, -0.1) is 47.3 Å². The lowest BCUT2D eigenvalue weighted by Gasteiger charge is -2.07. The molecule has 3 N–H and O–H groups in total. The van der Waals surface area contributed by atoms with Gasteiger partial charge >= 0.3 is 3.18 Å². The zero-order valence-corrected chi connectivity index (χ0v) is 37.5. The smallest absolute Gasteiger partial charge is 0.369 e. The first-order valence-corrected chi connectivity index (χ1v) is 20.5. The number of imidazole rings is 2. The quantitative estimate of drug-likeness (QED) is 0.112. The molecule has 0 aliphatic rings. The fourth-order valence-corrected chi connectivity index (χ4v) is 7.30. The first-order chi connectivity index (χ1) is 23.6. The van der Waals surface area contributed by atoms with Crippen LogP contribution in [0.4, 0.5) is 0 Å². The Labute approximate surface area is 346 Å². The Kier molecular flexibility index (Phi) is 14.4. The Morgan fingerprint density at radius 3 is 1.40 bits per heavy atom. The summed E-state index contributed by atoms with van der Waals surface area (Å²) >= 11 is 22.3. The Morgan fingerprint density at radius 1 is 0.660 bits per heavy atom. The number of fused-ring (bicyclic) bond motifs is 2. The van der Waals surface area contributed by atoms with E-state index >= 15 is 0 Å². The highest BCUT2D eigenvalue weighted by Gasteiger charge is 2.23. The SMILES string of the molecule is BrB(Br)Br.CCc1nc2ccc(C)cn2c1C(=O)c1cc(Br)c(O)c(Br)c1.CCc1nc2ccc(O)cn2c1C(=O)c1cc(Br)c(O)c(Br)c1. The van der Waals surface area contributed by atoms with E-state index in [1.54, 1.807) is 34.7 Å². The van der Waals surface area contributed by atoms with Crippen molar-refractivity contribution in [1.29, 1.82) is 0 Å². The van der Waals surface area contributed by atoms with Crippen LogP contribution >= 0.6 is 111 Å². The van der Waals surface area contributed by atoms with Crippen LogP contribution in [-0.2, 0) is 12.8 Å². The van der Waals surface area contributed by atoms with Crippen molar-refractivity contribution in [2.24, 2.45) is 0 Å². The molecule has 0 saturated heterocycles. The molecule has 0 fully saturated rings. The van der Waals surface area contributed by atoms with Crippen molar-refractivity contribution in [3.05, 3.63) is 118 Å². The number of carbonyl (C=O) groups excluding carboxylic acids is 2.